The molecule has 1 aromatic rings. The van der Waals surface area contributed by atoms with Crippen molar-refractivity contribution in [2.24, 2.45) is 0 Å². The molecule has 0 bridgehead atoms. The van der Waals surface area contributed by atoms with Crippen LogP contribution in [0.2, 0.25) is 0 Å². The van der Waals surface area contributed by atoms with Gasteiger partial charge >= 0.3 is 0 Å². The average Bonchev–Trinajstić information content (AvgIpc) is 2.48. The van der Waals surface area contributed by atoms with Crippen molar-refractivity contribution >= 4 is 24.2 Å². The monoisotopic (exact) mass is 207 g/mol. The van der Waals surface area contributed by atoms with Crippen molar-refractivity contribution < 1.29 is 4.79 Å². The molecule has 0 aromatic heterocycles. The van der Waals surface area contributed by atoms with E-state index in [4.69, 9.17) is 0 Å². The molecule has 1 atom stereocenters. The van der Waals surface area contributed by atoms with Gasteiger partial charge in [0.15, 0.2) is 0 Å². The van der Waals surface area contributed by atoms with E-state index in [0.717, 1.165) is 18.7 Å². The van der Waals surface area contributed by atoms with Gasteiger partial charge in [-0.15, -0.1) is 0 Å². The summed E-state index contributed by atoms with van der Waals surface area (Å²) in [6, 6.07) is 8.01. The maximum atomic E-state index is 11.7. The van der Waals surface area contributed by atoms with Crippen LogP contribution in [0.4, 0.5) is 5.69 Å². The first-order valence-corrected chi connectivity index (χ1v) is 5.26. The lowest BCUT2D eigenvalue weighted by Gasteiger charge is -2.16. The van der Waals surface area contributed by atoms with Crippen LogP contribution in [0, 0.1) is 6.92 Å². The fourth-order valence-corrected chi connectivity index (χ4v) is 1.97. The predicted octanol–water partition coefficient (Wildman–Crippen LogP) is 2.03. The first-order chi connectivity index (χ1) is 6.68. The van der Waals surface area contributed by atoms with Gasteiger partial charge < -0.3 is 4.90 Å². The Morgan fingerprint density at radius 2 is 2.29 bits per heavy atom. The highest BCUT2D eigenvalue weighted by molar-refractivity contribution is 7.81. The zero-order valence-corrected chi connectivity index (χ0v) is 9.00. The van der Waals surface area contributed by atoms with Gasteiger partial charge in [-0.2, -0.15) is 12.6 Å². The number of nitrogens with zero attached hydrogens (tertiary/aromatic N) is 1. The van der Waals surface area contributed by atoms with Gasteiger partial charge in [-0.05, 0) is 31.0 Å². The van der Waals surface area contributed by atoms with E-state index in [1.165, 1.54) is 5.56 Å². The lowest BCUT2D eigenvalue weighted by Crippen LogP contribution is -2.27. The van der Waals surface area contributed by atoms with E-state index in [-0.39, 0.29) is 11.2 Å². The van der Waals surface area contributed by atoms with E-state index < -0.39 is 0 Å². The average molecular weight is 207 g/mol. The molecule has 14 heavy (non-hydrogen) atoms. The zero-order chi connectivity index (χ0) is 10.1. The Bertz CT molecular complexity index is 364. The van der Waals surface area contributed by atoms with Crippen LogP contribution in [-0.2, 0) is 4.79 Å². The predicted molar refractivity (Wildman–Crippen MR) is 60.9 cm³/mol. The van der Waals surface area contributed by atoms with Gasteiger partial charge in [0, 0.05) is 12.2 Å². The summed E-state index contributed by atoms with van der Waals surface area (Å²) in [4.78, 5) is 13.5. The van der Waals surface area contributed by atoms with Crippen LogP contribution in [0.3, 0.4) is 0 Å². The number of benzene rings is 1. The topological polar surface area (TPSA) is 20.3 Å². The lowest BCUT2D eigenvalue weighted by molar-refractivity contribution is -0.116. The molecule has 0 N–H and O–H groups in total. The van der Waals surface area contributed by atoms with Gasteiger partial charge in [0.25, 0.3) is 0 Å². The molecule has 0 saturated carbocycles. The van der Waals surface area contributed by atoms with Crippen molar-refractivity contribution in [2.45, 2.75) is 18.6 Å². The Morgan fingerprint density at radius 3 is 2.86 bits per heavy atom. The largest absolute Gasteiger partial charge is 0.311 e. The van der Waals surface area contributed by atoms with Crippen LogP contribution in [0.25, 0.3) is 0 Å². The SMILES string of the molecule is Cc1cccc(N2CCC(S)C2=O)c1. The second kappa shape index (κ2) is 3.65. The third-order valence-electron chi connectivity index (χ3n) is 2.49. The van der Waals surface area contributed by atoms with Crippen LogP contribution < -0.4 is 4.90 Å². The second-order valence-electron chi connectivity index (χ2n) is 3.63. The van der Waals surface area contributed by atoms with Gasteiger partial charge in [0.05, 0.1) is 5.25 Å². The highest BCUT2D eigenvalue weighted by Gasteiger charge is 2.29. The molecular weight excluding hydrogens is 194 g/mol. The summed E-state index contributed by atoms with van der Waals surface area (Å²) in [5.74, 6) is 0.124. The third kappa shape index (κ3) is 1.64. The van der Waals surface area contributed by atoms with Crippen LogP contribution in [-0.4, -0.2) is 17.7 Å². The summed E-state index contributed by atoms with van der Waals surface area (Å²) in [6.07, 6.45) is 0.843. The van der Waals surface area contributed by atoms with Gasteiger partial charge in [0.2, 0.25) is 5.91 Å². The van der Waals surface area contributed by atoms with E-state index in [1.807, 2.05) is 36.1 Å². The number of hydrogen-bond acceptors (Lipinski definition) is 2. The summed E-state index contributed by atoms with van der Waals surface area (Å²) in [6.45, 7) is 2.82. The molecule has 1 heterocycles. The quantitative estimate of drug-likeness (QED) is 0.699. The van der Waals surface area contributed by atoms with Crippen molar-refractivity contribution in [3.63, 3.8) is 0 Å². The molecule has 1 saturated heterocycles. The number of aryl methyl sites for hydroxylation is 1. The van der Waals surface area contributed by atoms with Crippen molar-refractivity contribution in [3.05, 3.63) is 29.8 Å². The van der Waals surface area contributed by atoms with Gasteiger partial charge in [0.1, 0.15) is 0 Å². The number of carbonyl (C=O) groups is 1. The molecule has 3 heteroatoms. The smallest absolute Gasteiger partial charge is 0.239 e. The summed E-state index contributed by atoms with van der Waals surface area (Å²) in [7, 11) is 0. The van der Waals surface area contributed by atoms with Crippen LogP contribution in [0.15, 0.2) is 24.3 Å². The van der Waals surface area contributed by atoms with Crippen LogP contribution >= 0.6 is 12.6 Å². The normalized spacial score (nSPS) is 21.7. The number of anilines is 1. The molecule has 0 aliphatic carbocycles. The lowest BCUT2D eigenvalue weighted by atomic mass is 10.2. The van der Waals surface area contributed by atoms with E-state index in [0.29, 0.717) is 0 Å². The fourth-order valence-electron chi connectivity index (χ4n) is 1.72. The molecule has 74 valence electrons. The van der Waals surface area contributed by atoms with E-state index in [2.05, 4.69) is 12.6 Å². The van der Waals surface area contributed by atoms with Crippen molar-refractivity contribution in [3.8, 4) is 0 Å². The highest BCUT2D eigenvalue weighted by atomic mass is 32.1. The summed E-state index contributed by atoms with van der Waals surface area (Å²) in [5, 5.41) is -0.115. The van der Waals surface area contributed by atoms with Crippen molar-refractivity contribution in [1.82, 2.24) is 0 Å². The molecule has 1 aliphatic heterocycles. The highest BCUT2D eigenvalue weighted by Crippen LogP contribution is 2.24. The standard InChI is InChI=1S/C11H13NOS/c1-8-3-2-4-9(7-8)12-6-5-10(14)11(12)13/h2-4,7,10,14H,5-6H2,1H3. The Morgan fingerprint density at radius 1 is 1.50 bits per heavy atom. The summed E-state index contributed by atoms with van der Waals surface area (Å²) < 4.78 is 0. The molecule has 0 radical (unpaired) electrons. The Kier molecular flexibility index (Phi) is 2.50. The minimum Gasteiger partial charge on any atom is -0.311 e. The second-order valence-corrected chi connectivity index (χ2v) is 4.26. The third-order valence-corrected chi connectivity index (χ3v) is 2.97. The molecule has 1 aliphatic rings. The number of carbonyl (C=O) groups excluding carboxylic acids is 1. The summed E-state index contributed by atoms with van der Waals surface area (Å²) in [5.41, 5.74) is 2.17. The van der Waals surface area contributed by atoms with Crippen molar-refractivity contribution in [1.29, 1.82) is 0 Å². The number of hydrogen-bond donors (Lipinski definition) is 1. The molecule has 0 spiro atoms. The van der Waals surface area contributed by atoms with E-state index in [9.17, 15) is 4.79 Å². The van der Waals surface area contributed by atoms with Crippen LogP contribution in [0.1, 0.15) is 12.0 Å². The fraction of sp³-hybridized carbons (Fsp3) is 0.364. The van der Waals surface area contributed by atoms with E-state index in [1.54, 1.807) is 0 Å². The maximum Gasteiger partial charge on any atom is 0.239 e. The Balaban J connectivity index is 2.28. The number of amides is 1. The maximum absolute atomic E-state index is 11.7. The Hall–Kier alpha value is -0.960. The molecule has 2 rings (SSSR count). The zero-order valence-electron chi connectivity index (χ0n) is 8.10. The van der Waals surface area contributed by atoms with E-state index >= 15 is 0 Å². The number of rotatable bonds is 1. The van der Waals surface area contributed by atoms with Crippen LogP contribution in [0.5, 0.6) is 0 Å². The van der Waals surface area contributed by atoms with Gasteiger partial charge in [-0.1, -0.05) is 12.1 Å². The van der Waals surface area contributed by atoms with Gasteiger partial charge in [-0.3, -0.25) is 4.79 Å². The Labute approximate surface area is 89.3 Å². The first kappa shape index (κ1) is 9.59. The molecule has 1 unspecified atom stereocenters. The molecule has 1 amide bonds. The molecular formula is C11H13NOS. The summed E-state index contributed by atoms with van der Waals surface area (Å²) >= 11 is 4.23. The molecule has 2 nitrogen and oxygen atoms in total. The molecule has 1 aromatic carbocycles. The minimum absolute atomic E-state index is 0.115. The minimum atomic E-state index is -0.115. The first-order valence-electron chi connectivity index (χ1n) is 4.74. The van der Waals surface area contributed by atoms with Crippen molar-refractivity contribution in [2.75, 3.05) is 11.4 Å². The molecule has 1 fully saturated rings. The van der Waals surface area contributed by atoms with Gasteiger partial charge in [-0.25, -0.2) is 0 Å². The number of thiol groups is 1.